The molecule has 8 aromatic rings. The fourth-order valence-electron chi connectivity index (χ4n) is 14.1. The number of para-hydroxylation sites is 2. The number of rotatable bonds is 32. The smallest absolute Gasteiger partial charge is 0.197 e. The van der Waals surface area contributed by atoms with Gasteiger partial charge in [-0.1, -0.05) is 203 Å². The number of aromatic nitrogens is 2. The van der Waals surface area contributed by atoms with E-state index in [4.69, 9.17) is 0 Å². The van der Waals surface area contributed by atoms with Crippen LogP contribution in [0.5, 0.6) is 0 Å². The van der Waals surface area contributed by atoms with Crippen molar-refractivity contribution in [2.45, 2.75) is 226 Å². The van der Waals surface area contributed by atoms with Gasteiger partial charge in [0.25, 0.3) is 0 Å². The quantitative estimate of drug-likeness (QED) is 0.0312. The maximum absolute atomic E-state index is 13.4. The molecule has 0 fully saturated rings. The van der Waals surface area contributed by atoms with Gasteiger partial charge in [-0.2, -0.15) is 0 Å². The summed E-state index contributed by atoms with van der Waals surface area (Å²) in [5.74, 6) is 0. The van der Waals surface area contributed by atoms with Gasteiger partial charge in [0.2, 0.25) is 0 Å². The van der Waals surface area contributed by atoms with E-state index in [2.05, 4.69) is 112 Å². The lowest BCUT2D eigenvalue weighted by molar-refractivity contribution is 0.397. The van der Waals surface area contributed by atoms with Gasteiger partial charge in [-0.3, -0.25) is 9.59 Å². The van der Waals surface area contributed by atoms with Gasteiger partial charge in [0, 0.05) is 41.1 Å². The average Bonchev–Trinajstić information content (AvgIpc) is 4.01. The number of fused-ring (bicyclic) bond motifs is 7. The third-order valence-electron chi connectivity index (χ3n) is 18.9. The van der Waals surface area contributed by atoms with E-state index in [1.54, 1.807) is 33.4 Å². The molecule has 0 amide bonds. The molecule has 418 valence electrons. The molecule has 0 N–H and O–H groups in total. The second kappa shape index (κ2) is 28.1. The second-order valence-corrected chi connectivity index (χ2v) is 24.5. The van der Waals surface area contributed by atoms with Crippen LogP contribution in [-0.4, -0.2) is 9.13 Å². The van der Waals surface area contributed by atoms with Crippen LogP contribution < -0.4 is 10.9 Å². The molecule has 2 aromatic heterocycles. The maximum atomic E-state index is 13.4. The van der Waals surface area contributed by atoms with Crippen molar-refractivity contribution in [1.29, 1.82) is 0 Å². The van der Waals surface area contributed by atoms with E-state index >= 15 is 0 Å². The number of unbranched alkanes of at least 4 members (excludes halogenated alkanes) is 20. The Morgan fingerprint density at radius 1 is 0.354 bits per heavy atom. The highest BCUT2D eigenvalue weighted by atomic mass is 16.1. The van der Waals surface area contributed by atoms with Crippen LogP contribution in [0.1, 0.15) is 225 Å². The molecule has 79 heavy (non-hydrogen) atoms. The maximum Gasteiger partial charge on any atom is 0.197 e. The highest BCUT2D eigenvalue weighted by Gasteiger charge is 2.43. The minimum atomic E-state index is 0.111. The molecule has 0 unspecified atom stereocenters. The Morgan fingerprint density at radius 3 is 1.10 bits per heavy atom. The van der Waals surface area contributed by atoms with Crippen molar-refractivity contribution >= 4 is 43.6 Å². The van der Waals surface area contributed by atoms with E-state index in [1.807, 2.05) is 48.5 Å². The molecule has 6 aromatic carbocycles. The molecule has 1 aliphatic rings. The summed E-state index contributed by atoms with van der Waals surface area (Å²) in [4.78, 5) is 26.9. The van der Waals surface area contributed by atoms with Crippen LogP contribution in [0.15, 0.2) is 119 Å². The minimum Gasteiger partial charge on any atom is -0.343 e. The molecule has 0 aliphatic heterocycles. The van der Waals surface area contributed by atoms with E-state index in [9.17, 15) is 9.59 Å². The molecule has 0 saturated heterocycles. The van der Waals surface area contributed by atoms with Crippen molar-refractivity contribution in [3.8, 4) is 11.1 Å². The van der Waals surface area contributed by atoms with Crippen LogP contribution in [0, 0.1) is 13.8 Å². The molecule has 2 heterocycles. The molecular formula is C75H96N2O2. The van der Waals surface area contributed by atoms with Crippen LogP contribution in [-0.2, 0) is 45.2 Å². The summed E-state index contributed by atoms with van der Waals surface area (Å²) in [5, 5.41) is 3.30. The van der Waals surface area contributed by atoms with E-state index in [-0.39, 0.29) is 16.3 Å². The first-order chi connectivity index (χ1) is 38.6. The van der Waals surface area contributed by atoms with Crippen LogP contribution in [0.2, 0.25) is 0 Å². The lowest BCUT2D eigenvalue weighted by Crippen LogP contribution is -2.26. The highest BCUT2D eigenvalue weighted by Crippen LogP contribution is 2.56. The van der Waals surface area contributed by atoms with Crippen molar-refractivity contribution in [2.24, 2.45) is 14.1 Å². The van der Waals surface area contributed by atoms with Crippen LogP contribution in [0.4, 0.5) is 0 Å². The van der Waals surface area contributed by atoms with E-state index in [0.717, 1.165) is 69.3 Å². The predicted molar refractivity (Wildman–Crippen MR) is 342 cm³/mol. The van der Waals surface area contributed by atoms with E-state index in [0.29, 0.717) is 0 Å². The largest absolute Gasteiger partial charge is 0.343 e. The number of aryl methyl sites for hydroxylation is 8. The molecular weight excluding hydrogens is 961 g/mol. The summed E-state index contributed by atoms with van der Waals surface area (Å²) >= 11 is 0. The fourth-order valence-corrected chi connectivity index (χ4v) is 14.1. The summed E-state index contributed by atoms with van der Waals surface area (Å²) in [6.45, 7) is 9.52. The van der Waals surface area contributed by atoms with Crippen molar-refractivity contribution in [1.82, 2.24) is 9.13 Å². The van der Waals surface area contributed by atoms with Crippen LogP contribution in [0.3, 0.4) is 0 Å². The zero-order valence-electron chi connectivity index (χ0n) is 49.8. The van der Waals surface area contributed by atoms with Gasteiger partial charge in [0.1, 0.15) is 0 Å². The first kappa shape index (κ1) is 57.9. The van der Waals surface area contributed by atoms with E-state index in [1.165, 1.54) is 189 Å². The number of hydrogen-bond acceptors (Lipinski definition) is 2. The summed E-state index contributed by atoms with van der Waals surface area (Å²) in [7, 11) is 4.14. The van der Waals surface area contributed by atoms with Crippen molar-refractivity contribution in [2.75, 3.05) is 0 Å². The molecule has 4 nitrogen and oxygen atoms in total. The number of nitrogens with zero attached hydrogens (tertiary/aromatic N) is 2. The Kier molecular flexibility index (Phi) is 20.6. The zero-order valence-corrected chi connectivity index (χ0v) is 49.8. The summed E-state index contributed by atoms with van der Waals surface area (Å²) in [6, 6.07) is 39.8. The third-order valence-corrected chi connectivity index (χ3v) is 18.9. The topological polar surface area (TPSA) is 44.0 Å². The van der Waals surface area contributed by atoms with Crippen molar-refractivity contribution < 1.29 is 0 Å². The highest BCUT2D eigenvalue weighted by molar-refractivity contribution is 5.95. The first-order valence-corrected chi connectivity index (χ1v) is 31.9. The molecule has 9 rings (SSSR count). The molecule has 1 aliphatic carbocycles. The second-order valence-electron chi connectivity index (χ2n) is 24.5. The monoisotopic (exact) mass is 1060 g/mol. The van der Waals surface area contributed by atoms with Crippen LogP contribution in [0.25, 0.3) is 54.7 Å². The molecule has 0 radical (unpaired) electrons. The Balaban J connectivity index is 0.823. The zero-order chi connectivity index (χ0) is 55.1. The normalized spacial score (nSPS) is 12.9. The average molecular weight is 1060 g/mol. The van der Waals surface area contributed by atoms with Gasteiger partial charge >= 0.3 is 0 Å². The van der Waals surface area contributed by atoms with Crippen molar-refractivity contribution in [3.05, 3.63) is 174 Å². The number of benzene rings is 6. The van der Waals surface area contributed by atoms with Gasteiger partial charge in [-0.15, -0.1) is 0 Å². The lowest BCUT2D eigenvalue weighted by Gasteiger charge is -2.34. The lowest BCUT2D eigenvalue weighted by atomic mass is 9.69. The van der Waals surface area contributed by atoms with Gasteiger partial charge in [0.05, 0.1) is 22.1 Å². The predicted octanol–water partition coefficient (Wildman–Crippen LogP) is 20.3. The SMILES string of the molecule is CCCCCCCCC1(CCCCCCCC)c2cc(C)c(CCCCCCCCc3ccc4c(c3)c(=O)c3ccccc3n4C)cc2-c2cc(CCCCCCCCc3ccc4c(c3)c(=O)c3ccccc3n4C)c(C)cc21. The molecule has 0 bridgehead atoms. The standard InChI is InChI=1S/C75H96N2O2/c1-7-9-11-13-23-33-47-75(48-34-24-14-12-10-8-2)67-49-55(3)59(37-27-21-17-15-19-25-35-57-43-45-71-65(51-57)73(78)61-39-29-31-41-69(61)76(71)5)53-63(67)64-54-60(56(4)50-68(64)75)38-28-22-18-16-20-26-36-58-44-46-72-66(52-58)74(79)62-40-30-32-42-70(62)77(72)6/h29-32,39-46,49-54H,7-28,33-38,47-48H2,1-6H3. The summed E-state index contributed by atoms with van der Waals surface area (Å²) < 4.78 is 4.32. The Labute approximate surface area is 475 Å². The van der Waals surface area contributed by atoms with Gasteiger partial charge in [0.15, 0.2) is 10.9 Å². The first-order valence-electron chi connectivity index (χ1n) is 31.9. The number of hydrogen-bond donors (Lipinski definition) is 0. The fraction of sp³-hybridized carbons (Fsp3) is 0.493. The molecule has 0 saturated carbocycles. The number of pyridine rings is 2. The molecule has 0 spiro atoms. The van der Waals surface area contributed by atoms with Crippen LogP contribution >= 0.6 is 0 Å². The van der Waals surface area contributed by atoms with Crippen molar-refractivity contribution in [3.63, 3.8) is 0 Å². The Bertz CT molecular complexity index is 3210. The minimum absolute atomic E-state index is 0.111. The Hall–Kier alpha value is -5.74. The van der Waals surface area contributed by atoms with Gasteiger partial charge in [-0.05, 0) is 182 Å². The third kappa shape index (κ3) is 13.5. The summed E-state index contributed by atoms with van der Waals surface area (Å²) in [6.07, 6.45) is 38.0. The summed E-state index contributed by atoms with van der Waals surface area (Å²) in [5.41, 5.74) is 19.6. The Morgan fingerprint density at radius 2 is 0.696 bits per heavy atom. The molecule has 0 atom stereocenters. The van der Waals surface area contributed by atoms with Gasteiger partial charge < -0.3 is 9.13 Å². The molecule has 4 heteroatoms. The van der Waals surface area contributed by atoms with E-state index < -0.39 is 0 Å². The van der Waals surface area contributed by atoms with Gasteiger partial charge in [-0.25, -0.2) is 0 Å².